The third kappa shape index (κ3) is 4.09. The van der Waals surface area contributed by atoms with E-state index in [1.54, 1.807) is 40.9 Å². The highest BCUT2D eigenvalue weighted by Gasteiger charge is 2.77. The van der Waals surface area contributed by atoms with E-state index in [4.69, 9.17) is 11.6 Å². The molecule has 3 fully saturated rings. The first kappa shape index (κ1) is 25.1. The van der Waals surface area contributed by atoms with E-state index in [1.165, 1.54) is 0 Å². The number of hydrogen-bond acceptors (Lipinski definition) is 5. The van der Waals surface area contributed by atoms with Gasteiger partial charge in [-0.25, -0.2) is 0 Å². The number of aliphatic hydroxyl groups excluding tert-OH is 1. The van der Waals surface area contributed by atoms with Crippen LogP contribution in [0.5, 0.6) is 0 Å². The molecule has 3 heterocycles. The minimum Gasteiger partial charge on any atom is -0.396 e. The van der Waals surface area contributed by atoms with Crippen molar-refractivity contribution in [1.82, 2.24) is 10.2 Å². The van der Waals surface area contributed by atoms with Crippen LogP contribution in [0.15, 0.2) is 54.6 Å². The molecule has 5 rings (SSSR count). The summed E-state index contributed by atoms with van der Waals surface area (Å²) in [6.07, 6.45) is 1.77. The van der Waals surface area contributed by atoms with E-state index in [0.717, 1.165) is 12.0 Å². The molecule has 3 N–H and O–H groups in total. The molecule has 5 atom stereocenters. The van der Waals surface area contributed by atoms with Crippen LogP contribution in [0.4, 0.5) is 5.69 Å². The highest BCUT2D eigenvalue weighted by Crippen LogP contribution is 2.71. The van der Waals surface area contributed by atoms with Gasteiger partial charge in [-0.3, -0.25) is 14.4 Å². The fraction of sp³-hybridized carbons (Fsp3) is 0.444. The molecule has 0 saturated carbocycles. The Balaban J connectivity index is 1.45. The number of nitrogens with one attached hydrogen (secondary N) is 2. The molecular weight excluding hydrogens is 498 g/mol. The Hall–Kier alpha value is -2.55. The molecule has 2 aromatic rings. The summed E-state index contributed by atoms with van der Waals surface area (Å²) < 4.78 is -1.14. The fourth-order valence-corrected chi connectivity index (χ4v) is 8.81. The normalized spacial score (nSPS) is 30.4. The molecule has 190 valence electrons. The maximum atomic E-state index is 13.9. The van der Waals surface area contributed by atoms with Crippen LogP contribution >= 0.6 is 23.4 Å². The number of benzene rings is 2. The highest BCUT2D eigenvalue weighted by atomic mass is 35.5. The Labute approximate surface area is 220 Å². The van der Waals surface area contributed by atoms with Gasteiger partial charge in [-0.1, -0.05) is 54.1 Å². The van der Waals surface area contributed by atoms with E-state index in [0.29, 0.717) is 30.1 Å². The molecule has 0 radical (unpaired) electrons. The zero-order valence-corrected chi connectivity index (χ0v) is 21.6. The minimum atomic E-state index is -0.753. The van der Waals surface area contributed by atoms with Crippen LogP contribution in [0, 0.1) is 11.8 Å². The van der Waals surface area contributed by atoms with Gasteiger partial charge in [0.2, 0.25) is 17.7 Å². The van der Waals surface area contributed by atoms with Gasteiger partial charge in [0.25, 0.3) is 0 Å². The minimum absolute atomic E-state index is 0.0911. The Bertz CT molecular complexity index is 1180. The second kappa shape index (κ2) is 9.72. The fourth-order valence-electron chi connectivity index (χ4n) is 6.27. The molecule has 3 amide bonds. The van der Waals surface area contributed by atoms with Crippen molar-refractivity contribution < 1.29 is 19.5 Å². The topological polar surface area (TPSA) is 98.7 Å². The van der Waals surface area contributed by atoms with Gasteiger partial charge in [0.05, 0.1) is 27.3 Å². The number of carbonyl (C=O) groups excluding carboxylic acids is 3. The van der Waals surface area contributed by atoms with E-state index >= 15 is 0 Å². The van der Waals surface area contributed by atoms with Crippen LogP contribution in [0.3, 0.4) is 0 Å². The van der Waals surface area contributed by atoms with Crippen molar-refractivity contribution in [3.63, 3.8) is 0 Å². The van der Waals surface area contributed by atoms with Gasteiger partial charge < -0.3 is 20.6 Å². The molecule has 7 nitrogen and oxygen atoms in total. The number of anilines is 1. The summed E-state index contributed by atoms with van der Waals surface area (Å²) in [7, 11) is 0. The molecule has 2 bridgehead atoms. The number of halogens is 1. The Morgan fingerprint density at radius 3 is 2.56 bits per heavy atom. The standard InChI is InChI=1S/C27H30ClN3O4S/c1-26-12-13-27(36-26)21(20(26)23(33)29-16-17-8-3-2-4-9-17)25(35)31(14-7-15-32)22(27)24(34)30-19-11-6-5-10-18(19)28/h2-6,8-11,20-22,32H,7,12-16H2,1H3,(H,29,33)(H,30,34)/t20-,21-,22?,26+,27?/m0/s1. The Morgan fingerprint density at radius 2 is 1.83 bits per heavy atom. The average Bonchev–Trinajstić information content (AvgIpc) is 3.44. The van der Waals surface area contributed by atoms with Crippen LogP contribution in [0.25, 0.3) is 0 Å². The second-order valence-corrected chi connectivity index (χ2v) is 12.3. The highest BCUT2D eigenvalue weighted by molar-refractivity contribution is 8.02. The largest absolute Gasteiger partial charge is 0.396 e. The molecule has 2 unspecified atom stereocenters. The predicted octanol–water partition coefficient (Wildman–Crippen LogP) is 3.46. The molecule has 1 spiro atoms. The van der Waals surface area contributed by atoms with Crippen LogP contribution in [-0.2, 0) is 20.9 Å². The number of carbonyl (C=O) groups is 3. The molecule has 2 aromatic carbocycles. The summed E-state index contributed by atoms with van der Waals surface area (Å²) in [5.41, 5.74) is 1.47. The van der Waals surface area contributed by atoms with E-state index < -0.39 is 27.4 Å². The van der Waals surface area contributed by atoms with Crippen molar-refractivity contribution in [1.29, 1.82) is 0 Å². The van der Waals surface area contributed by atoms with E-state index in [1.807, 2.05) is 37.3 Å². The maximum absolute atomic E-state index is 13.9. The van der Waals surface area contributed by atoms with Crippen molar-refractivity contribution in [2.45, 2.75) is 48.3 Å². The van der Waals surface area contributed by atoms with Gasteiger partial charge in [0.15, 0.2) is 0 Å². The van der Waals surface area contributed by atoms with Crippen LogP contribution in [0.2, 0.25) is 5.02 Å². The predicted molar refractivity (Wildman–Crippen MR) is 141 cm³/mol. The lowest BCUT2D eigenvalue weighted by molar-refractivity contribution is -0.140. The molecule has 3 saturated heterocycles. The van der Waals surface area contributed by atoms with Crippen LogP contribution in [0.1, 0.15) is 31.7 Å². The third-order valence-electron chi connectivity index (χ3n) is 7.81. The molecule has 9 heteroatoms. The second-order valence-electron chi connectivity index (χ2n) is 10.0. The average molecular weight is 528 g/mol. The summed E-state index contributed by atoms with van der Waals surface area (Å²) in [5.74, 6) is -1.78. The Morgan fingerprint density at radius 1 is 1.11 bits per heavy atom. The molecule has 0 aliphatic carbocycles. The summed E-state index contributed by atoms with van der Waals surface area (Å²) in [5, 5.41) is 15.9. The zero-order chi connectivity index (χ0) is 25.5. The Kier molecular flexibility index (Phi) is 6.78. The summed E-state index contributed by atoms with van der Waals surface area (Å²) in [6.45, 7) is 2.59. The molecule has 36 heavy (non-hydrogen) atoms. The van der Waals surface area contributed by atoms with Gasteiger partial charge >= 0.3 is 0 Å². The first-order valence-electron chi connectivity index (χ1n) is 12.3. The van der Waals surface area contributed by atoms with Gasteiger partial charge in [-0.05, 0) is 43.9 Å². The summed E-state index contributed by atoms with van der Waals surface area (Å²) in [6, 6.07) is 15.9. The molecule has 3 aliphatic heterocycles. The number of para-hydroxylation sites is 1. The lowest BCUT2D eigenvalue weighted by atomic mass is 9.66. The van der Waals surface area contributed by atoms with Crippen molar-refractivity contribution in [3.05, 3.63) is 65.2 Å². The number of aliphatic hydroxyl groups is 1. The van der Waals surface area contributed by atoms with E-state index in [9.17, 15) is 19.5 Å². The number of nitrogens with zero attached hydrogens (tertiary/aromatic N) is 1. The summed E-state index contributed by atoms with van der Waals surface area (Å²) in [4.78, 5) is 42.8. The quantitative estimate of drug-likeness (QED) is 0.488. The first-order chi connectivity index (χ1) is 17.3. The van der Waals surface area contributed by atoms with Crippen molar-refractivity contribution >= 4 is 46.8 Å². The SMILES string of the molecule is C[C@]12CCC3(S1)C(C(=O)Nc1ccccc1Cl)N(CCCO)C(=O)[C@@H]3[C@H]2C(=O)NCc1ccccc1. The monoisotopic (exact) mass is 527 g/mol. The number of hydrogen-bond donors (Lipinski definition) is 3. The lowest BCUT2D eigenvalue weighted by Crippen LogP contribution is -2.52. The maximum Gasteiger partial charge on any atom is 0.248 e. The van der Waals surface area contributed by atoms with Gasteiger partial charge in [-0.2, -0.15) is 0 Å². The smallest absolute Gasteiger partial charge is 0.248 e. The first-order valence-corrected chi connectivity index (χ1v) is 13.5. The number of likely N-dealkylation sites (tertiary alicyclic amines) is 1. The van der Waals surface area contributed by atoms with Crippen LogP contribution < -0.4 is 10.6 Å². The van der Waals surface area contributed by atoms with Gasteiger partial charge in [-0.15, -0.1) is 11.8 Å². The van der Waals surface area contributed by atoms with Crippen molar-refractivity contribution in [3.8, 4) is 0 Å². The third-order valence-corrected chi connectivity index (χ3v) is 10.1. The number of fused-ring (bicyclic) bond motifs is 1. The summed E-state index contributed by atoms with van der Waals surface area (Å²) >= 11 is 7.92. The number of rotatable bonds is 8. The van der Waals surface area contributed by atoms with Crippen molar-refractivity contribution in [2.75, 3.05) is 18.5 Å². The van der Waals surface area contributed by atoms with Crippen molar-refractivity contribution in [2.24, 2.45) is 11.8 Å². The number of thioether (sulfide) groups is 1. The molecule has 0 aromatic heterocycles. The number of amides is 3. The van der Waals surface area contributed by atoms with E-state index in [-0.39, 0.29) is 30.9 Å². The lowest BCUT2D eigenvalue weighted by Gasteiger charge is -2.35. The molecule has 3 aliphatic rings. The van der Waals surface area contributed by atoms with E-state index in [2.05, 4.69) is 10.6 Å². The van der Waals surface area contributed by atoms with Gasteiger partial charge in [0.1, 0.15) is 6.04 Å². The molecular formula is C27H30ClN3O4S. The zero-order valence-electron chi connectivity index (χ0n) is 20.1. The van der Waals surface area contributed by atoms with Crippen LogP contribution in [-0.4, -0.2) is 56.4 Å². The van der Waals surface area contributed by atoms with Gasteiger partial charge in [0, 0.05) is 24.4 Å².